The number of hydrogen-bond donors (Lipinski definition) is 0. The van der Waals surface area contributed by atoms with Crippen LogP contribution in [0.5, 0.6) is 5.75 Å². The van der Waals surface area contributed by atoms with Crippen molar-refractivity contribution in [1.82, 2.24) is 0 Å². The topological polar surface area (TPSA) is 9.23 Å². The second-order valence-electron chi connectivity index (χ2n) is 8.36. The van der Waals surface area contributed by atoms with Crippen molar-refractivity contribution in [3.8, 4) is 28.0 Å². The van der Waals surface area contributed by atoms with Crippen molar-refractivity contribution in [1.29, 1.82) is 0 Å². The standard InChI is InChI=1S/C29H27F3O/c1-3-17-33-27-16-15-25(28(31)29(27)32)22-11-9-20(10-12-22)23-13-14-24(26(30)18-23)21-7-5-19(4-2)6-8-21/h4,7,9-16,18-19H,2-3,5-6,8,17H2,1H3. The van der Waals surface area contributed by atoms with E-state index in [4.69, 9.17) is 4.74 Å². The molecule has 1 aliphatic carbocycles. The van der Waals surface area contributed by atoms with Gasteiger partial charge in [0.05, 0.1) is 6.61 Å². The van der Waals surface area contributed by atoms with Crippen molar-refractivity contribution in [2.45, 2.75) is 32.6 Å². The van der Waals surface area contributed by atoms with Gasteiger partial charge in [-0.25, -0.2) is 8.78 Å². The lowest BCUT2D eigenvalue weighted by Gasteiger charge is -2.19. The first-order chi connectivity index (χ1) is 16.0. The maximum atomic E-state index is 14.9. The van der Waals surface area contributed by atoms with Gasteiger partial charge >= 0.3 is 0 Å². The van der Waals surface area contributed by atoms with E-state index in [1.807, 2.05) is 25.1 Å². The van der Waals surface area contributed by atoms with Crippen LogP contribution in [0.15, 0.2) is 73.3 Å². The number of rotatable bonds is 7. The van der Waals surface area contributed by atoms with Crippen LogP contribution in [0.2, 0.25) is 0 Å². The number of benzene rings is 3. The summed E-state index contributed by atoms with van der Waals surface area (Å²) in [6, 6.07) is 15.2. The second-order valence-corrected chi connectivity index (χ2v) is 8.36. The first-order valence-corrected chi connectivity index (χ1v) is 11.3. The zero-order chi connectivity index (χ0) is 23.4. The van der Waals surface area contributed by atoms with Gasteiger partial charge < -0.3 is 4.74 Å². The van der Waals surface area contributed by atoms with E-state index in [-0.39, 0.29) is 17.1 Å². The van der Waals surface area contributed by atoms with Crippen LogP contribution in [-0.4, -0.2) is 6.61 Å². The number of halogens is 3. The molecule has 0 aromatic heterocycles. The average molecular weight is 449 g/mol. The van der Waals surface area contributed by atoms with Crippen molar-refractivity contribution in [3.63, 3.8) is 0 Å². The number of ether oxygens (including phenoxy) is 1. The van der Waals surface area contributed by atoms with Crippen LogP contribution in [0.4, 0.5) is 13.2 Å². The van der Waals surface area contributed by atoms with Gasteiger partial charge in [0, 0.05) is 11.1 Å². The second kappa shape index (κ2) is 10.1. The highest BCUT2D eigenvalue weighted by atomic mass is 19.2. The Labute approximate surface area is 193 Å². The van der Waals surface area contributed by atoms with Gasteiger partial charge in [-0.3, -0.25) is 0 Å². The largest absolute Gasteiger partial charge is 0.490 e. The molecular formula is C29H27F3O. The van der Waals surface area contributed by atoms with Gasteiger partial charge in [-0.15, -0.1) is 6.58 Å². The summed E-state index contributed by atoms with van der Waals surface area (Å²) >= 11 is 0. The highest BCUT2D eigenvalue weighted by molar-refractivity contribution is 5.74. The number of hydrogen-bond acceptors (Lipinski definition) is 1. The van der Waals surface area contributed by atoms with Crippen LogP contribution >= 0.6 is 0 Å². The Kier molecular flexibility index (Phi) is 7.02. The summed E-state index contributed by atoms with van der Waals surface area (Å²) in [5.41, 5.74) is 3.91. The molecule has 170 valence electrons. The summed E-state index contributed by atoms with van der Waals surface area (Å²) < 4.78 is 49.1. The van der Waals surface area contributed by atoms with E-state index in [0.717, 1.165) is 36.0 Å². The fourth-order valence-electron chi connectivity index (χ4n) is 4.19. The lowest BCUT2D eigenvalue weighted by molar-refractivity contribution is 0.295. The van der Waals surface area contributed by atoms with E-state index in [2.05, 4.69) is 12.7 Å². The third-order valence-electron chi connectivity index (χ3n) is 6.14. The lowest BCUT2D eigenvalue weighted by atomic mass is 9.86. The molecule has 4 heteroatoms. The smallest absolute Gasteiger partial charge is 0.201 e. The summed E-state index contributed by atoms with van der Waals surface area (Å²) in [6.45, 7) is 6.07. The van der Waals surface area contributed by atoms with Gasteiger partial charge in [-0.05, 0) is 72.1 Å². The third-order valence-corrected chi connectivity index (χ3v) is 6.14. The fraction of sp³-hybridized carbons (Fsp3) is 0.241. The molecule has 0 radical (unpaired) electrons. The number of allylic oxidation sites excluding steroid dienone is 3. The third kappa shape index (κ3) is 4.90. The van der Waals surface area contributed by atoms with Crippen LogP contribution in [0.3, 0.4) is 0 Å². The molecule has 1 unspecified atom stereocenters. The Morgan fingerprint density at radius 2 is 1.61 bits per heavy atom. The van der Waals surface area contributed by atoms with Crippen LogP contribution in [0.25, 0.3) is 27.8 Å². The van der Waals surface area contributed by atoms with Gasteiger partial charge in [0.2, 0.25) is 5.82 Å². The summed E-state index contributed by atoms with van der Waals surface area (Å²) in [5.74, 6) is -1.80. The zero-order valence-corrected chi connectivity index (χ0v) is 18.7. The maximum absolute atomic E-state index is 14.9. The van der Waals surface area contributed by atoms with Crippen molar-refractivity contribution >= 4 is 5.57 Å². The molecule has 3 aromatic carbocycles. The van der Waals surface area contributed by atoms with Crippen molar-refractivity contribution in [3.05, 3.63) is 96.3 Å². The Hall–Kier alpha value is -3.27. The minimum absolute atomic E-state index is 0.0848. The molecule has 0 heterocycles. The lowest BCUT2D eigenvalue weighted by Crippen LogP contribution is -2.03. The molecule has 0 saturated heterocycles. The summed E-state index contributed by atoms with van der Waals surface area (Å²) in [5, 5.41) is 0. The summed E-state index contributed by atoms with van der Waals surface area (Å²) in [4.78, 5) is 0. The molecule has 0 aliphatic heterocycles. The molecule has 1 nitrogen and oxygen atoms in total. The zero-order valence-electron chi connectivity index (χ0n) is 18.7. The SMILES string of the molecule is C=CC1CC=C(c2ccc(-c3ccc(-c4ccc(OCCC)c(F)c4F)cc3)cc2F)CC1. The molecule has 1 aliphatic rings. The van der Waals surface area contributed by atoms with Crippen molar-refractivity contribution in [2.24, 2.45) is 5.92 Å². The Morgan fingerprint density at radius 1 is 0.909 bits per heavy atom. The maximum Gasteiger partial charge on any atom is 0.201 e. The van der Waals surface area contributed by atoms with Crippen molar-refractivity contribution in [2.75, 3.05) is 6.61 Å². The molecule has 0 N–H and O–H groups in total. The first kappa shape index (κ1) is 22.9. The molecule has 3 aromatic rings. The molecular weight excluding hydrogens is 421 g/mol. The summed E-state index contributed by atoms with van der Waals surface area (Å²) in [7, 11) is 0. The fourth-order valence-corrected chi connectivity index (χ4v) is 4.19. The Balaban J connectivity index is 1.55. The molecule has 0 spiro atoms. The average Bonchev–Trinajstić information content (AvgIpc) is 2.85. The van der Waals surface area contributed by atoms with E-state index < -0.39 is 11.6 Å². The summed E-state index contributed by atoms with van der Waals surface area (Å²) in [6.07, 6.45) is 7.50. The van der Waals surface area contributed by atoms with E-state index in [1.165, 1.54) is 18.2 Å². The van der Waals surface area contributed by atoms with Gasteiger partial charge in [0.1, 0.15) is 5.82 Å². The van der Waals surface area contributed by atoms with E-state index in [9.17, 15) is 13.2 Å². The van der Waals surface area contributed by atoms with E-state index in [1.54, 1.807) is 24.3 Å². The predicted molar refractivity (Wildman–Crippen MR) is 128 cm³/mol. The highest BCUT2D eigenvalue weighted by Gasteiger charge is 2.17. The molecule has 33 heavy (non-hydrogen) atoms. The van der Waals surface area contributed by atoms with Gasteiger partial charge in [-0.1, -0.05) is 55.5 Å². The predicted octanol–water partition coefficient (Wildman–Crippen LogP) is 8.60. The van der Waals surface area contributed by atoms with Gasteiger partial charge in [-0.2, -0.15) is 4.39 Å². The van der Waals surface area contributed by atoms with Crippen LogP contribution in [0, 0.1) is 23.4 Å². The minimum Gasteiger partial charge on any atom is -0.490 e. The van der Waals surface area contributed by atoms with Crippen molar-refractivity contribution < 1.29 is 17.9 Å². The highest BCUT2D eigenvalue weighted by Crippen LogP contribution is 2.35. The molecule has 0 bridgehead atoms. The Morgan fingerprint density at radius 3 is 2.24 bits per heavy atom. The Bertz CT molecular complexity index is 1180. The monoisotopic (exact) mass is 448 g/mol. The van der Waals surface area contributed by atoms with E-state index in [0.29, 0.717) is 30.1 Å². The van der Waals surface area contributed by atoms with Gasteiger partial charge in [0.25, 0.3) is 0 Å². The minimum atomic E-state index is -0.987. The molecule has 0 saturated carbocycles. The normalized spacial score (nSPS) is 15.8. The van der Waals surface area contributed by atoms with Gasteiger partial charge in [0.15, 0.2) is 11.6 Å². The van der Waals surface area contributed by atoms with Crippen LogP contribution in [-0.2, 0) is 0 Å². The molecule has 0 fully saturated rings. The van der Waals surface area contributed by atoms with Crippen LogP contribution < -0.4 is 4.74 Å². The first-order valence-electron chi connectivity index (χ1n) is 11.3. The molecule has 4 rings (SSSR count). The van der Waals surface area contributed by atoms with E-state index >= 15 is 0 Å². The molecule has 0 amide bonds. The molecule has 1 atom stereocenters. The van der Waals surface area contributed by atoms with Crippen LogP contribution in [0.1, 0.15) is 38.2 Å². The quantitative estimate of drug-likeness (QED) is 0.329.